The highest BCUT2D eigenvalue weighted by molar-refractivity contribution is 5.78. The van der Waals surface area contributed by atoms with Crippen LogP contribution >= 0.6 is 0 Å². The first-order valence-corrected chi connectivity index (χ1v) is 6.19. The summed E-state index contributed by atoms with van der Waals surface area (Å²) in [5.74, 6) is -0.357. The Morgan fingerprint density at radius 3 is 2.56 bits per heavy atom. The van der Waals surface area contributed by atoms with Crippen molar-refractivity contribution in [3.05, 3.63) is 0 Å². The van der Waals surface area contributed by atoms with Crippen molar-refractivity contribution in [2.75, 3.05) is 0 Å². The number of carbonyl (C=O) groups excluding carboxylic acids is 1. The van der Waals surface area contributed by atoms with Crippen LogP contribution in [0.1, 0.15) is 44.9 Å². The summed E-state index contributed by atoms with van der Waals surface area (Å²) in [6, 6.07) is -0.135. The zero-order valence-corrected chi connectivity index (χ0v) is 9.45. The zero-order chi connectivity index (χ0) is 11.5. The zero-order valence-electron chi connectivity index (χ0n) is 9.45. The second-order valence-corrected chi connectivity index (χ2v) is 5.03. The van der Waals surface area contributed by atoms with Crippen LogP contribution < -0.4 is 5.32 Å². The van der Waals surface area contributed by atoms with Gasteiger partial charge in [-0.15, -0.1) is 0 Å². The van der Waals surface area contributed by atoms with Gasteiger partial charge in [0.2, 0.25) is 5.91 Å². The minimum Gasteiger partial charge on any atom is -0.481 e. The summed E-state index contributed by atoms with van der Waals surface area (Å²) in [5, 5.41) is 11.8. The molecule has 0 aromatic carbocycles. The van der Waals surface area contributed by atoms with Gasteiger partial charge in [-0.3, -0.25) is 9.59 Å². The van der Waals surface area contributed by atoms with Gasteiger partial charge in [-0.2, -0.15) is 0 Å². The maximum absolute atomic E-state index is 11.6. The summed E-state index contributed by atoms with van der Waals surface area (Å²) < 4.78 is 0. The lowest BCUT2D eigenvalue weighted by Crippen LogP contribution is -2.40. The number of aliphatic carboxylic acids is 1. The maximum atomic E-state index is 11.6. The van der Waals surface area contributed by atoms with Crippen molar-refractivity contribution in [1.29, 1.82) is 0 Å². The molecule has 0 aliphatic heterocycles. The first-order chi connectivity index (χ1) is 7.66. The molecule has 2 saturated carbocycles. The largest absolute Gasteiger partial charge is 0.481 e. The van der Waals surface area contributed by atoms with Crippen LogP contribution in [0.25, 0.3) is 0 Å². The molecule has 0 aromatic rings. The first-order valence-electron chi connectivity index (χ1n) is 6.19. The Labute approximate surface area is 95.4 Å². The smallest absolute Gasteiger partial charge is 0.308 e. The minimum atomic E-state index is -0.773. The number of amides is 1. The summed E-state index contributed by atoms with van der Waals surface area (Å²) in [4.78, 5) is 22.5. The third kappa shape index (κ3) is 2.97. The van der Waals surface area contributed by atoms with E-state index in [1.165, 1.54) is 12.8 Å². The number of rotatable bonds is 5. The molecular weight excluding hydrogens is 206 g/mol. The molecule has 2 rings (SSSR count). The number of hydrogen-bond acceptors (Lipinski definition) is 2. The van der Waals surface area contributed by atoms with Crippen LogP contribution in [0, 0.1) is 11.8 Å². The fourth-order valence-corrected chi connectivity index (χ4v) is 2.45. The summed E-state index contributed by atoms with van der Waals surface area (Å²) in [6.07, 6.45) is 6.46. The van der Waals surface area contributed by atoms with Gasteiger partial charge in [0.05, 0.1) is 5.92 Å². The summed E-state index contributed by atoms with van der Waals surface area (Å²) in [7, 11) is 0. The minimum absolute atomic E-state index is 0.0325. The molecule has 4 nitrogen and oxygen atoms in total. The Hall–Kier alpha value is -1.06. The van der Waals surface area contributed by atoms with E-state index in [0.29, 0.717) is 12.8 Å². The first kappa shape index (κ1) is 11.4. The Kier molecular flexibility index (Phi) is 3.46. The highest BCUT2D eigenvalue weighted by Gasteiger charge is 2.34. The van der Waals surface area contributed by atoms with Gasteiger partial charge in [-0.05, 0) is 25.2 Å². The van der Waals surface area contributed by atoms with Gasteiger partial charge in [0.1, 0.15) is 0 Å². The van der Waals surface area contributed by atoms with Crippen molar-refractivity contribution in [2.45, 2.75) is 51.0 Å². The van der Waals surface area contributed by atoms with E-state index in [2.05, 4.69) is 5.32 Å². The van der Waals surface area contributed by atoms with Crippen LogP contribution in [-0.2, 0) is 9.59 Å². The Balaban J connectivity index is 1.74. The van der Waals surface area contributed by atoms with E-state index < -0.39 is 5.97 Å². The van der Waals surface area contributed by atoms with Crippen molar-refractivity contribution in [3.63, 3.8) is 0 Å². The number of nitrogens with one attached hydrogen (secondary N) is 1. The molecular formula is C12H19NO3. The van der Waals surface area contributed by atoms with Gasteiger partial charge in [-0.1, -0.05) is 19.3 Å². The molecule has 0 saturated heterocycles. The average Bonchev–Trinajstić information content (AvgIpc) is 2.95. The standard InChI is InChI=1S/C12H19NO3/c14-11(7-6-8-4-5-8)13-10-3-1-2-9(10)12(15)16/h8-10H,1-7H2,(H,13,14)(H,15,16)/t9-,10+/m1/s1. The van der Waals surface area contributed by atoms with Gasteiger partial charge in [0.25, 0.3) is 0 Å². The van der Waals surface area contributed by atoms with Crippen molar-refractivity contribution in [3.8, 4) is 0 Å². The molecule has 2 fully saturated rings. The average molecular weight is 225 g/mol. The van der Waals surface area contributed by atoms with E-state index >= 15 is 0 Å². The van der Waals surface area contributed by atoms with E-state index in [-0.39, 0.29) is 17.9 Å². The highest BCUT2D eigenvalue weighted by Crippen LogP contribution is 2.33. The van der Waals surface area contributed by atoms with Crippen molar-refractivity contribution in [1.82, 2.24) is 5.32 Å². The van der Waals surface area contributed by atoms with Crippen LogP contribution in [0.15, 0.2) is 0 Å². The molecule has 2 aliphatic rings. The monoisotopic (exact) mass is 225 g/mol. The molecule has 2 aliphatic carbocycles. The van der Waals surface area contributed by atoms with Gasteiger partial charge >= 0.3 is 5.97 Å². The highest BCUT2D eigenvalue weighted by atomic mass is 16.4. The Morgan fingerprint density at radius 2 is 1.94 bits per heavy atom. The lowest BCUT2D eigenvalue weighted by Gasteiger charge is -2.17. The van der Waals surface area contributed by atoms with Gasteiger partial charge in [-0.25, -0.2) is 0 Å². The quantitative estimate of drug-likeness (QED) is 0.746. The predicted octanol–water partition coefficient (Wildman–Crippen LogP) is 1.55. The van der Waals surface area contributed by atoms with Crippen LogP contribution in [0.3, 0.4) is 0 Å². The number of hydrogen-bond donors (Lipinski definition) is 2. The van der Waals surface area contributed by atoms with Crippen LogP contribution in [0.4, 0.5) is 0 Å². The molecule has 0 aromatic heterocycles. The molecule has 0 spiro atoms. The summed E-state index contributed by atoms with van der Waals surface area (Å²) >= 11 is 0. The summed E-state index contributed by atoms with van der Waals surface area (Å²) in [6.45, 7) is 0. The molecule has 90 valence electrons. The molecule has 1 amide bonds. The molecule has 0 unspecified atom stereocenters. The lowest BCUT2D eigenvalue weighted by molar-refractivity contribution is -0.142. The molecule has 2 atom stereocenters. The number of carboxylic acids is 1. The SMILES string of the molecule is O=C(CCC1CC1)N[C@H]1CCC[C@H]1C(=O)O. The number of carbonyl (C=O) groups is 2. The van der Waals surface area contributed by atoms with Crippen LogP contribution in [0.2, 0.25) is 0 Å². The molecule has 0 heterocycles. The van der Waals surface area contributed by atoms with Crippen molar-refractivity contribution in [2.24, 2.45) is 11.8 Å². The van der Waals surface area contributed by atoms with Crippen molar-refractivity contribution < 1.29 is 14.7 Å². The van der Waals surface area contributed by atoms with Gasteiger partial charge < -0.3 is 10.4 Å². The van der Waals surface area contributed by atoms with Crippen molar-refractivity contribution >= 4 is 11.9 Å². The normalized spacial score (nSPS) is 29.0. The third-order valence-electron chi connectivity index (χ3n) is 3.66. The Bertz CT molecular complexity index is 286. The molecule has 4 heteroatoms. The second-order valence-electron chi connectivity index (χ2n) is 5.03. The summed E-state index contributed by atoms with van der Waals surface area (Å²) in [5.41, 5.74) is 0. The second kappa shape index (κ2) is 4.85. The van der Waals surface area contributed by atoms with E-state index in [4.69, 9.17) is 5.11 Å². The molecule has 2 N–H and O–H groups in total. The molecule has 16 heavy (non-hydrogen) atoms. The number of carboxylic acid groups (broad SMARTS) is 1. The maximum Gasteiger partial charge on any atom is 0.308 e. The lowest BCUT2D eigenvalue weighted by atomic mass is 10.0. The predicted molar refractivity (Wildman–Crippen MR) is 58.9 cm³/mol. The molecule has 0 bridgehead atoms. The van der Waals surface area contributed by atoms with E-state index in [1.807, 2.05) is 0 Å². The third-order valence-corrected chi connectivity index (χ3v) is 3.66. The van der Waals surface area contributed by atoms with Crippen LogP contribution in [0.5, 0.6) is 0 Å². The molecule has 0 radical (unpaired) electrons. The van der Waals surface area contributed by atoms with E-state index in [9.17, 15) is 9.59 Å². The topological polar surface area (TPSA) is 66.4 Å². The van der Waals surface area contributed by atoms with Gasteiger partial charge in [0.15, 0.2) is 0 Å². The fraction of sp³-hybridized carbons (Fsp3) is 0.833. The van der Waals surface area contributed by atoms with E-state index in [0.717, 1.165) is 25.2 Å². The van der Waals surface area contributed by atoms with Gasteiger partial charge in [0, 0.05) is 12.5 Å². The van der Waals surface area contributed by atoms with Crippen LogP contribution in [-0.4, -0.2) is 23.0 Å². The fourth-order valence-electron chi connectivity index (χ4n) is 2.45. The van der Waals surface area contributed by atoms with E-state index in [1.54, 1.807) is 0 Å². The Morgan fingerprint density at radius 1 is 1.19 bits per heavy atom.